The number of allylic oxidation sites excluding steroid dienone is 3. The highest BCUT2D eigenvalue weighted by molar-refractivity contribution is 5.92. The Morgan fingerprint density at radius 3 is 2.20 bits per heavy atom. The van der Waals surface area contributed by atoms with Crippen molar-refractivity contribution < 1.29 is 24.6 Å². The Morgan fingerprint density at radius 2 is 1.56 bits per heavy atom. The van der Waals surface area contributed by atoms with E-state index in [-0.39, 0.29) is 35.0 Å². The Labute approximate surface area is 270 Å². The highest BCUT2D eigenvalue weighted by Gasteiger charge is 2.66. The molecule has 45 heavy (non-hydrogen) atoms. The van der Waals surface area contributed by atoms with E-state index in [4.69, 9.17) is 5.11 Å². The quantitative estimate of drug-likeness (QED) is 0.276. The largest absolute Gasteiger partial charge is 0.481 e. The van der Waals surface area contributed by atoms with E-state index in [9.17, 15) is 19.5 Å². The van der Waals surface area contributed by atoms with E-state index in [0.717, 1.165) is 38.5 Å². The number of nitrogens with one attached hydrogen (secondary N) is 1. The number of benzene rings is 1. The number of hydrogen-bond donors (Lipinski definition) is 3. The Bertz CT molecular complexity index is 1350. The van der Waals surface area contributed by atoms with Crippen molar-refractivity contribution >= 4 is 29.1 Å². The average Bonchev–Trinajstić information content (AvgIpc) is 3.43. The fraction of sp³-hybridized carbons (Fsp3) is 0.667. The van der Waals surface area contributed by atoms with Crippen LogP contribution in [0.15, 0.2) is 43.0 Å². The summed E-state index contributed by atoms with van der Waals surface area (Å²) in [5.74, 6) is 1.05. The van der Waals surface area contributed by atoms with Crippen LogP contribution in [0.4, 0.5) is 5.69 Å². The van der Waals surface area contributed by atoms with Crippen molar-refractivity contribution in [3.8, 4) is 0 Å². The van der Waals surface area contributed by atoms with Crippen molar-refractivity contribution in [1.29, 1.82) is 0 Å². The molecule has 246 valence electrons. The predicted molar refractivity (Wildman–Crippen MR) is 179 cm³/mol. The highest BCUT2D eigenvalue weighted by atomic mass is 16.4. The van der Waals surface area contributed by atoms with Gasteiger partial charge in [0.2, 0.25) is 5.91 Å². The van der Waals surface area contributed by atoms with Gasteiger partial charge in [0.05, 0.1) is 11.8 Å². The van der Waals surface area contributed by atoms with Crippen molar-refractivity contribution in [2.24, 2.45) is 51.2 Å². The number of hydrogen-bond acceptors (Lipinski definition) is 3. The first-order chi connectivity index (χ1) is 21.2. The fourth-order valence-corrected chi connectivity index (χ4v) is 11.9. The predicted octanol–water partition coefficient (Wildman–Crippen LogP) is 9.23. The van der Waals surface area contributed by atoms with Crippen molar-refractivity contribution in [1.82, 2.24) is 0 Å². The lowest BCUT2D eigenvalue weighted by Gasteiger charge is -2.68. The van der Waals surface area contributed by atoms with Crippen molar-refractivity contribution in [2.75, 3.05) is 5.32 Å². The minimum atomic E-state index is -0.970. The van der Waals surface area contributed by atoms with E-state index in [1.165, 1.54) is 36.8 Å². The summed E-state index contributed by atoms with van der Waals surface area (Å²) >= 11 is 0. The monoisotopic (exact) mass is 617 g/mol. The Morgan fingerprint density at radius 1 is 0.867 bits per heavy atom. The number of anilines is 1. The maximum Gasteiger partial charge on any atom is 0.309 e. The Kier molecular flexibility index (Phi) is 9.20. The molecule has 0 radical (unpaired) electrons. The van der Waals surface area contributed by atoms with Gasteiger partial charge in [-0.2, -0.15) is 0 Å². The Balaban J connectivity index is 0.00000128. The molecule has 0 heterocycles. The molecule has 1 aromatic carbocycles. The number of carboxylic acid groups (broad SMARTS) is 2. The lowest BCUT2D eigenvalue weighted by Crippen LogP contribution is -2.61. The van der Waals surface area contributed by atoms with Crippen LogP contribution in [-0.4, -0.2) is 28.1 Å². The normalized spacial score (nSPS) is 37.6. The van der Waals surface area contributed by atoms with E-state index in [1.807, 2.05) is 19.1 Å². The molecule has 0 bridgehead atoms. The third-order valence-electron chi connectivity index (χ3n) is 13.6. The molecule has 0 spiro atoms. The van der Waals surface area contributed by atoms with Gasteiger partial charge >= 0.3 is 11.9 Å². The number of carbonyl (C=O) groups excluding carboxylic acids is 1. The molecule has 6 heteroatoms. The van der Waals surface area contributed by atoms with Gasteiger partial charge in [-0.05, 0) is 134 Å². The molecule has 8 atom stereocenters. The molecule has 4 fully saturated rings. The zero-order chi connectivity index (χ0) is 32.8. The molecule has 0 saturated heterocycles. The molecule has 3 N–H and O–H groups in total. The summed E-state index contributed by atoms with van der Waals surface area (Å²) in [6.45, 7) is 15.3. The third-order valence-corrected chi connectivity index (χ3v) is 13.6. The molecule has 0 aliphatic heterocycles. The maximum absolute atomic E-state index is 12.5. The van der Waals surface area contributed by atoms with Crippen LogP contribution >= 0.6 is 0 Å². The maximum atomic E-state index is 12.5. The average molecular weight is 618 g/mol. The summed E-state index contributed by atoms with van der Waals surface area (Å²) in [5.41, 5.74) is 3.34. The molecular weight excluding hydrogens is 562 g/mol. The summed E-state index contributed by atoms with van der Waals surface area (Å²) in [7, 11) is 0. The van der Waals surface area contributed by atoms with Crippen LogP contribution in [0.2, 0.25) is 0 Å². The number of amides is 1. The van der Waals surface area contributed by atoms with Gasteiger partial charge in [-0.15, -0.1) is 6.58 Å². The minimum Gasteiger partial charge on any atom is -0.481 e. The Hall–Kier alpha value is -2.89. The van der Waals surface area contributed by atoms with Crippen LogP contribution in [0.3, 0.4) is 0 Å². The van der Waals surface area contributed by atoms with E-state index >= 15 is 0 Å². The first-order valence-corrected chi connectivity index (χ1v) is 17.4. The minimum absolute atomic E-state index is 0.00785. The fourth-order valence-electron chi connectivity index (χ4n) is 11.9. The summed E-state index contributed by atoms with van der Waals surface area (Å²) < 4.78 is 0. The molecule has 0 aromatic heterocycles. The number of carboxylic acids is 2. The summed E-state index contributed by atoms with van der Waals surface area (Å²) in [5, 5.41) is 22.0. The summed E-state index contributed by atoms with van der Waals surface area (Å²) in [4.78, 5) is 35.4. The second kappa shape index (κ2) is 12.4. The summed E-state index contributed by atoms with van der Waals surface area (Å²) in [6, 6.07) is 8.06. The molecule has 6 nitrogen and oxygen atoms in total. The second-order valence-electron chi connectivity index (χ2n) is 16.0. The molecule has 1 amide bonds. The lowest BCUT2D eigenvalue weighted by molar-refractivity contribution is -0.187. The van der Waals surface area contributed by atoms with Gasteiger partial charge in [-0.1, -0.05) is 58.4 Å². The smallest absolute Gasteiger partial charge is 0.309 e. The van der Waals surface area contributed by atoms with Gasteiger partial charge in [0.25, 0.3) is 0 Å². The zero-order valence-electron chi connectivity index (χ0n) is 28.2. The van der Waals surface area contributed by atoms with E-state index in [0.29, 0.717) is 35.3 Å². The van der Waals surface area contributed by atoms with Crippen LogP contribution in [0.25, 0.3) is 5.57 Å². The van der Waals surface area contributed by atoms with Crippen LogP contribution in [0.5, 0.6) is 0 Å². The number of fused-ring (bicyclic) bond motifs is 7. The second-order valence-corrected chi connectivity index (χ2v) is 16.0. The van der Waals surface area contributed by atoms with Gasteiger partial charge in [0, 0.05) is 12.1 Å². The molecule has 5 aliphatic carbocycles. The van der Waals surface area contributed by atoms with Crippen molar-refractivity contribution in [2.45, 2.75) is 112 Å². The number of aliphatic carboxylic acids is 2. The van der Waals surface area contributed by atoms with Gasteiger partial charge < -0.3 is 15.5 Å². The first-order valence-electron chi connectivity index (χ1n) is 17.4. The van der Waals surface area contributed by atoms with E-state index in [1.54, 1.807) is 6.08 Å². The van der Waals surface area contributed by atoms with Gasteiger partial charge in [0.15, 0.2) is 0 Å². The van der Waals surface area contributed by atoms with Crippen LogP contribution in [0, 0.1) is 51.2 Å². The third kappa shape index (κ3) is 5.58. The van der Waals surface area contributed by atoms with Crippen LogP contribution < -0.4 is 5.32 Å². The molecular formula is C39H55NO5. The lowest BCUT2D eigenvalue weighted by atomic mass is 9.36. The molecule has 1 aromatic rings. The molecule has 6 rings (SSSR count). The topological polar surface area (TPSA) is 104 Å². The van der Waals surface area contributed by atoms with Gasteiger partial charge in [-0.3, -0.25) is 14.4 Å². The van der Waals surface area contributed by atoms with Crippen molar-refractivity contribution in [3.63, 3.8) is 0 Å². The summed E-state index contributed by atoms with van der Waals surface area (Å²) in [6.07, 6.45) is 15.0. The van der Waals surface area contributed by atoms with Crippen LogP contribution in [0.1, 0.15) is 117 Å². The zero-order valence-corrected chi connectivity index (χ0v) is 28.2. The SMILES string of the molecule is C=CC.CC1(C)C(c2ccc(NC(=O)CCC(=O)O)cc2)=CCC2(C)C1CCC1(C)C3CCC4(C(=O)O)CCCC4C3CCC12. The van der Waals surface area contributed by atoms with E-state index < -0.39 is 17.4 Å². The molecule has 8 unspecified atom stereocenters. The van der Waals surface area contributed by atoms with E-state index in [2.05, 4.69) is 57.8 Å². The standard InChI is InChI=1S/C36H49NO5.C3H6/c1-33(2)25(22-7-9-23(10-8-22)37-30(38)13-14-31(39)40)15-19-35(4)28(33)17-20-34(3)26-16-21-36(32(41)42)18-5-6-27(36)24(26)11-12-29(34)35;1-3-2/h7-10,15,24,26-29H,5-6,11-14,16-21H2,1-4H3,(H,37,38)(H,39,40)(H,41,42);3H,1H2,2H3. The van der Waals surface area contributed by atoms with Crippen LogP contribution in [-0.2, 0) is 14.4 Å². The van der Waals surface area contributed by atoms with Crippen molar-refractivity contribution in [3.05, 3.63) is 48.6 Å². The molecule has 4 saturated carbocycles. The number of carbonyl (C=O) groups is 3. The van der Waals surface area contributed by atoms with Gasteiger partial charge in [0.1, 0.15) is 0 Å². The first kappa shape index (κ1) is 33.5. The number of rotatable bonds is 6. The molecule has 5 aliphatic rings. The highest BCUT2D eigenvalue weighted by Crippen LogP contribution is 2.73. The van der Waals surface area contributed by atoms with Gasteiger partial charge in [-0.25, -0.2) is 0 Å².